The fraction of sp³-hybridized carbons (Fsp3) is 0.571. The van der Waals surface area contributed by atoms with Crippen LogP contribution in [0.1, 0.15) is 39.2 Å². The van der Waals surface area contributed by atoms with Crippen LogP contribution in [0, 0.1) is 0 Å². The molecule has 0 spiro atoms. The van der Waals surface area contributed by atoms with Gasteiger partial charge in [-0.1, -0.05) is 25.5 Å². The Bertz CT molecular complexity index is 483. The van der Waals surface area contributed by atoms with Crippen LogP contribution in [0.5, 0.6) is 0 Å². The van der Waals surface area contributed by atoms with E-state index in [4.69, 9.17) is 11.6 Å². The SMILES string of the molecule is CCCC(Cl)Cc1ccc(S(=O)(=O)NC(C)C)cc1. The van der Waals surface area contributed by atoms with Crippen LogP contribution in [0.15, 0.2) is 29.2 Å². The van der Waals surface area contributed by atoms with E-state index in [-0.39, 0.29) is 11.4 Å². The number of benzene rings is 1. The topological polar surface area (TPSA) is 46.2 Å². The van der Waals surface area contributed by atoms with Crippen molar-refractivity contribution < 1.29 is 8.42 Å². The summed E-state index contributed by atoms with van der Waals surface area (Å²) in [5, 5.41) is 0.112. The Morgan fingerprint density at radius 2 is 1.79 bits per heavy atom. The second kappa shape index (κ2) is 7.27. The molecule has 0 radical (unpaired) electrons. The third-order valence-corrected chi connectivity index (χ3v) is 4.73. The third kappa shape index (κ3) is 5.51. The molecule has 0 bridgehead atoms. The largest absolute Gasteiger partial charge is 0.240 e. The van der Waals surface area contributed by atoms with Crippen LogP contribution >= 0.6 is 11.6 Å². The van der Waals surface area contributed by atoms with Crippen LogP contribution in [0.3, 0.4) is 0 Å². The van der Waals surface area contributed by atoms with Gasteiger partial charge < -0.3 is 0 Å². The van der Waals surface area contributed by atoms with Gasteiger partial charge in [-0.3, -0.25) is 0 Å². The third-order valence-electron chi connectivity index (χ3n) is 2.68. The minimum absolute atomic E-state index is 0.110. The molecule has 0 aliphatic heterocycles. The lowest BCUT2D eigenvalue weighted by Crippen LogP contribution is -2.30. The molecule has 1 unspecified atom stereocenters. The predicted octanol–water partition coefficient (Wildman–Crippen LogP) is 3.32. The Hall–Kier alpha value is -0.580. The first kappa shape index (κ1) is 16.5. The highest BCUT2D eigenvalue weighted by molar-refractivity contribution is 7.89. The molecule has 3 nitrogen and oxygen atoms in total. The highest BCUT2D eigenvalue weighted by atomic mass is 35.5. The van der Waals surface area contributed by atoms with E-state index in [1.165, 1.54) is 0 Å². The number of rotatable bonds is 7. The molecule has 108 valence electrons. The molecule has 1 rings (SSSR count). The maximum absolute atomic E-state index is 11.9. The Morgan fingerprint density at radius 3 is 2.26 bits per heavy atom. The average molecular weight is 304 g/mol. The van der Waals surface area contributed by atoms with Crippen molar-refractivity contribution in [2.45, 2.75) is 56.3 Å². The zero-order valence-electron chi connectivity index (χ0n) is 11.7. The van der Waals surface area contributed by atoms with Crippen LogP contribution in [0.2, 0.25) is 0 Å². The predicted molar refractivity (Wildman–Crippen MR) is 80.2 cm³/mol. The molecule has 0 saturated carbocycles. The quantitative estimate of drug-likeness (QED) is 0.785. The molecule has 0 aliphatic rings. The van der Waals surface area contributed by atoms with Crippen LogP contribution in [0.4, 0.5) is 0 Å². The molecule has 0 saturated heterocycles. The van der Waals surface area contributed by atoms with Gasteiger partial charge >= 0.3 is 0 Å². The van der Waals surface area contributed by atoms with Crippen molar-refractivity contribution in [3.63, 3.8) is 0 Å². The van der Waals surface area contributed by atoms with Gasteiger partial charge in [0.1, 0.15) is 0 Å². The molecule has 5 heteroatoms. The van der Waals surface area contributed by atoms with Crippen molar-refractivity contribution in [2.75, 3.05) is 0 Å². The van der Waals surface area contributed by atoms with E-state index in [0.29, 0.717) is 4.90 Å². The molecule has 0 heterocycles. The van der Waals surface area contributed by atoms with E-state index in [1.54, 1.807) is 26.0 Å². The van der Waals surface area contributed by atoms with Gasteiger partial charge in [0.15, 0.2) is 0 Å². The van der Waals surface area contributed by atoms with Crippen LogP contribution in [-0.2, 0) is 16.4 Å². The number of hydrogen-bond donors (Lipinski definition) is 1. The van der Waals surface area contributed by atoms with Crippen molar-refractivity contribution in [2.24, 2.45) is 0 Å². The van der Waals surface area contributed by atoms with E-state index >= 15 is 0 Å². The van der Waals surface area contributed by atoms with E-state index in [0.717, 1.165) is 24.8 Å². The van der Waals surface area contributed by atoms with Gasteiger partial charge in [-0.25, -0.2) is 13.1 Å². The molecule has 19 heavy (non-hydrogen) atoms. The van der Waals surface area contributed by atoms with Gasteiger partial charge in [0.2, 0.25) is 10.0 Å². The highest BCUT2D eigenvalue weighted by Gasteiger charge is 2.15. The molecule has 0 fully saturated rings. The zero-order valence-corrected chi connectivity index (χ0v) is 13.3. The highest BCUT2D eigenvalue weighted by Crippen LogP contribution is 2.16. The first-order valence-electron chi connectivity index (χ1n) is 6.60. The number of hydrogen-bond acceptors (Lipinski definition) is 2. The normalized spacial score (nSPS) is 13.7. The summed E-state index contributed by atoms with van der Waals surface area (Å²) in [5.41, 5.74) is 1.07. The average Bonchev–Trinajstić information content (AvgIpc) is 2.28. The molecule has 1 aromatic rings. The molecular weight excluding hydrogens is 282 g/mol. The van der Waals surface area contributed by atoms with Crippen LogP contribution < -0.4 is 4.72 Å². The summed E-state index contributed by atoms with van der Waals surface area (Å²) in [5.74, 6) is 0. The van der Waals surface area contributed by atoms with Crippen LogP contribution in [0.25, 0.3) is 0 Å². The monoisotopic (exact) mass is 303 g/mol. The van der Waals surface area contributed by atoms with E-state index in [1.807, 2.05) is 12.1 Å². The van der Waals surface area contributed by atoms with Crippen molar-refractivity contribution in [3.05, 3.63) is 29.8 Å². The molecule has 0 aromatic heterocycles. The zero-order chi connectivity index (χ0) is 14.5. The molecular formula is C14H22ClNO2S. The maximum atomic E-state index is 11.9. The number of sulfonamides is 1. The Balaban J connectivity index is 2.76. The van der Waals surface area contributed by atoms with Crippen molar-refractivity contribution >= 4 is 21.6 Å². The number of alkyl halides is 1. The Labute approximate surface area is 121 Å². The molecule has 0 aliphatic carbocycles. The van der Waals surface area contributed by atoms with Gasteiger partial charge in [-0.15, -0.1) is 11.6 Å². The summed E-state index contributed by atoms with van der Waals surface area (Å²) < 4.78 is 26.4. The Kier molecular flexibility index (Phi) is 6.30. The summed E-state index contributed by atoms with van der Waals surface area (Å²) in [6, 6.07) is 6.83. The van der Waals surface area contributed by atoms with E-state index in [9.17, 15) is 8.42 Å². The number of nitrogens with one attached hydrogen (secondary N) is 1. The maximum Gasteiger partial charge on any atom is 0.240 e. The van der Waals surface area contributed by atoms with Crippen molar-refractivity contribution in [1.82, 2.24) is 4.72 Å². The molecule has 1 aromatic carbocycles. The van der Waals surface area contributed by atoms with Crippen molar-refractivity contribution in [3.8, 4) is 0 Å². The molecule has 1 N–H and O–H groups in total. The molecule has 0 amide bonds. The fourth-order valence-corrected chi connectivity index (χ4v) is 3.50. The van der Waals surface area contributed by atoms with Gasteiger partial charge in [-0.05, 0) is 44.4 Å². The summed E-state index contributed by atoms with van der Waals surface area (Å²) in [6.07, 6.45) is 2.79. The van der Waals surface area contributed by atoms with Gasteiger partial charge in [0.05, 0.1) is 4.90 Å². The van der Waals surface area contributed by atoms with E-state index < -0.39 is 10.0 Å². The first-order chi connectivity index (χ1) is 8.85. The number of halogens is 1. The molecule has 1 atom stereocenters. The van der Waals surface area contributed by atoms with Crippen molar-refractivity contribution in [1.29, 1.82) is 0 Å². The second-order valence-electron chi connectivity index (χ2n) is 5.01. The lowest BCUT2D eigenvalue weighted by Gasteiger charge is -2.11. The first-order valence-corrected chi connectivity index (χ1v) is 8.52. The van der Waals surface area contributed by atoms with Gasteiger partial charge in [-0.2, -0.15) is 0 Å². The lowest BCUT2D eigenvalue weighted by molar-refractivity contribution is 0.570. The summed E-state index contributed by atoms with van der Waals surface area (Å²) in [6.45, 7) is 5.70. The second-order valence-corrected chi connectivity index (χ2v) is 7.34. The fourth-order valence-electron chi connectivity index (χ4n) is 1.85. The smallest absolute Gasteiger partial charge is 0.209 e. The lowest BCUT2D eigenvalue weighted by atomic mass is 10.1. The van der Waals surface area contributed by atoms with Crippen LogP contribution in [-0.4, -0.2) is 19.8 Å². The van der Waals surface area contributed by atoms with Gasteiger partial charge in [0.25, 0.3) is 0 Å². The van der Waals surface area contributed by atoms with E-state index in [2.05, 4.69) is 11.6 Å². The van der Waals surface area contributed by atoms with Gasteiger partial charge in [0, 0.05) is 11.4 Å². The summed E-state index contributed by atoms with van der Waals surface area (Å²) >= 11 is 6.18. The Morgan fingerprint density at radius 1 is 1.21 bits per heavy atom. The standard InChI is InChI=1S/C14H22ClNO2S/c1-4-5-13(15)10-12-6-8-14(9-7-12)19(17,18)16-11(2)3/h6-9,11,13,16H,4-5,10H2,1-3H3. The summed E-state index contributed by atoms with van der Waals surface area (Å²) in [7, 11) is -3.40. The summed E-state index contributed by atoms with van der Waals surface area (Å²) in [4.78, 5) is 0.298. The minimum atomic E-state index is -3.40. The minimum Gasteiger partial charge on any atom is -0.209 e.